The Morgan fingerprint density at radius 3 is 2.16 bits per heavy atom. The summed E-state index contributed by atoms with van der Waals surface area (Å²) < 4.78 is 24.2. The molecule has 1 amide bonds. The minimum Gasteiger partial charge on any atom is -0.341 e. The lowest BCUT2D eigenvalue weighted by Gasteiger charge is -2.22. The number of amides is 1. The maximum absolute atomic E-state index is 12.7. The fraction of sp³-hybridized carbons (Fsp3) is 0.500. The van der Waals surface area contributed by atoms with Gasteiger partial charge in [0.15, 0.2) is 14.6 Å². The van der Waals surface area contributed by atoms with E-state index in [1.54, 1.807) is 35.2 Å². The number of hydrogen-bond donors (Lipinski definition) is 0. The highest BCUT2D eigenvalue weighted by Crippen LogP contribution is 2.48. The summed E-state index contributed by atoms with van der Waals surface area (Å²) in [6, 6.07) is 8.33. The molecule has 1 saturated carbocycles. The smallest absolute Gasteiger partial charge is 0.244 e. The molecular formula is C14H17NO3S. The third-order valence-electron chi connectivity index (χ3n) is 4.06. The summed E-state index contributed by atoms with van der Waals surface area (Å²) in [5.74, 6) is -0.186. The van der Waals surface area contributed by atoms with Crippen LogP contribution in [0.2, 0.25) is 0 Å². The first-order valence-corrected chi connectivity index (χ1v) is 8.15. The fourth-order valence-corrected chi connectivity index (χ4v) is 4.71. The van der Waals surface area contributed by atoms with Gasteiger partial charge in [0.1, 0.15) is 0 Å². The van der Waals surface area contributed by atoms with Gasteiger partial charge in [-0.2, -0.15) is 0 Å². The Bertz CT molecular complexity index is 584. The maximum atomic E-state index is 12.7. The van der Waals surface area contributed by atoms with Gasteiger partial charge in [0.05, 0.1) is 4.90 Å². The molecule has 102 valence electrons. The van der Waals surface area contributed by atoms with E-state index >= 15 is 0 Å². The maximum Gasteiger partial charge on any atom is 0.244 e. The molecule has 4 nitrogen and oxygen atoms in total. The lowest BCUT2D eigenvalue weighted by molar-refractivity contribution is -0.130. The van der Waals surface area contributed by atoms with E-state index in [9.17, 15) is 13.2 Å². The van der Waals surface area contributed by atoms with Crippen molar-refractivity contribution < 1.29 is 13.2 Å². The van der Waals surface area contributed by atoms with Gasteiger partial charge in [-0.15, -0.1) is 0 Å². The third kappa shape index (κ3) is 1.87. The predicted octanol–water partition coefficient (Wildman–Crippen LogP) is 1.62. The molecule has 2 fully saturated rings. The Morgan fingerprint density at radius 1 is 1.05 bits per heavy atom. The molecule has 1 aromatic carbocycles. The van der Waals surface area contributed by atoms with Gasteiger partial charge in [-0.3, -0.25) is 4.79 Å². The van der Waals surface area contributed by atoms with Crippen molar-refractivity contribution in [1.82, 2.24) is 4.90 Å². The van der Waals surface area contributed by atoms with Crippen LogP contribution in [0.3, 0.4) is 0 Å². The van der Waals surface area contributed by atoms with Gasteiger partial charge in [0.25, 0.3) is 0 Å². The number of hydrogen-bond acceptors (Lipinski definition) is 3. The zero-order valence-corrected chi connectivity index (χ0v) is 11.5. The largest absolute Gasteiger partial charge is 0.341 e. The second-order valence-electron chi connectivity index (χ2n) is 5.31. The fourth-order valence-electron chi connectivity index (χ4n) is 2.74. The molecular weight excluding hydrogens is 262 g/mol. The first-order chi connectivity index (χ1) is 9.08. The topological polar surface area (TPSA) is 54.5 Å². The number of sulfone groups is 1. The van der Waals surface area contributed by atoms with Gasteiger partial charge >= 0.3 is 0 Å². The number of likely N-dealkylation sites (tertiary alicyclic amines) is 1. The van der Waals surface area contributed by atoms with Gasteiger partial charge in [-0.25, -0.2) is 8.42 Å². The summed E-state index contributed by atoms with van der Waals surface area (Å²) in [5.41, 5.74) is 0. The molecule has 1 heterocycles. The van der Waals surface area contributed by atoms with Crippen molar-refractivity contribution in [2.75, 3.05) is 13.1 Å². The molecule has 0 bridgehead atoms. The number of carbonyl (C=O) groups excluding carboxylic acids is 1. The summed E-state index contributed by atoms with van der Waals surface area (Å²) in [4.78, 5) is 14.5. The lowest BCUT2D eigenvalue weighted by atomic mass is 10.3. The molecule has 5 heteroatoms. The van der Waals surface area contributed by atoms with E-state index < -0.39 is 14.6 Å². The van der Waals surface area contributed by atoms with Crippen LogP contribution in [0.1, 0.15) is 25.7 Å². The average molecular weight is 279 g/mol. The highest BCUT2D eigenvalue weighted by Gasteiger charge is 2.62. The molecule has 0 N–H and O–H groups in total. The van der Waals surface area contributed by atoms with Crippen molar-refractivity contribution in [3.63, 3.8) is 0 Å². The van der Waals surface area contributed by atoms with Crippen molar-refractivity contribution in [2.24, 2.45) is 0 Å². The van der Waals surface area contributed by atoms with E-state index in [4.69, 9.17) is 0 Å². The van der Waals surface area contributed by atoms with Crippen LogP contribution in [0.5, 0.6) is 0 Å². The molecule has 0 aromatic heterocycles. The minimum absolute atomic E-state index is 0.186. The van der Waals surface area contributed by atoms with Crippen molar-refractivity contribution in [3.05, 3.63) is 30.3 Å². The Hall–Kier alpha value is -1.36. The highest BCUT2D eigenvalue weighted by molar-refractivity contribution is 7.94. The number of nitrogens with zero attached hydrogens (tertiary/aromatic N) is 1. The summed E-state index contributed by atoms with van der Waals surface area (Å²) in [5, 5.41) is 0. The normalized spacial score (nSPS) is 21.4. The molecule has 19 heavy (non-hydrogen) atoms. The van der Waals surface area contributed by atoms with Crippen molar-refractivity contribution in [3.8, 4) is 0 Å². The number of benzene rings is 1. The zero-order chi connectivity index (χ0) is 13.5. The third-order valence-corrected chi connectivity index (χ3v) is 6.56. The van der Waals surface area contributed by atoms with Crippen LogP contribution in [0.4, 0.5) is 0 Å². The Labute approximate surface area is 113 Å². The predicted molar refractivity (Wildman–Crippen MR) is 71.4 cm³/mol. The average Bonchev–Trinajstić information content (AvgIpc) is 3.08. The lowest BCUT2D eigenvalue weighted by Crippen LogP contribution is -2.43. The number of carbonyl (C=O) groups is 1. The summed E-state index contributed by atoms with van der Waals surface area (Å²) in [6.45, 7) is 1.40. The molecule has 0 atom stereocenters. The van der Waals surface area contributed by atoms with Gasteiger partial charge < -0.3 is 4.90 Å². The Balaban J connectivity index is 1.94. The van der Waals surface area contributed by atoms with Gasteiger partial charge in [0, 0.05) is 13.1 Å². The van der Waals surface area contributed by atoms with Crippen LogP contribution in [0, 0.1) is 0 Å². The SMILES string of the molecule is O=C(N1CCCC1)C1(S(=O)(=O)c2ccccc2)CC1. The minimum atomic E-state index is -3.56. The molecule has 0 radical (unpaired) electrons. The Kier molecular flexibility index (Phi) is 2.89. The molecule has 1 aliphatic heterocycles. The quantitative estimate of drug-likeness (QED) is 0.844. The van der Waals surface area contributed by atoms with Gasteiger partial charge in [-0.1, -0.05) is 18.2 Å². The van der Waals surface area contributed by atoms with E-state index in [-0.39, 0.29) is 10.8 Å². The molecule has 0 unspecified atom stereocenters. The molecule has 0 spiro atoms. The summed E-state index contributed by atoms with van der Waals surface area (Å²) >= 11 is 0. The van der Waals surface area contributed by atoms with Crippen molar-refractivity contribution in [1.29, 1.82) is 0 Å². The van der Waals surface area contributed by atoms with Crippen LogP contribution in [-0.2, 0) is 14.6 Å². The highest BCUT2D eigenvalue weighted by atomic mass is 32.2. The van der Waals surface area contributed by atoms with Crippen LogP contribution in [0.15, 0.2) is 35.2 Å². The second kappa shape index (κ2) is 4.34. The van der Waals surface area contributed by atoms with Crippen LogP contribution in [-0.4, -0.2) is 37.1 Å². The zero-order valence-electron chi connectivity index (χ0n) is 10.7. The van der Waals surface area contributed by atoms with Crippen LogP contribution >= 0.6 is 0 Å². The van der Waals surface area contributed by atoms with Crippen LogP contribution in [0.25, 0.3) is 0 Å². The second-order valence-corrected chi connectivity index (χ2v) is 7.57. The molecule has 1 saturated heterocycles. The van der Waals surface area contributed by atoms with E-state index in [1.807, 2.05) is 0 Å². The van der Waals surface area contributed by atoms with Crippen molar-refractivity contribution in [2.45, 2.75) is 35.3 Å². The van der Waals surface area contributed by atoms with E-state index in [1.165, 1.54) is 0 Å². The van der Waals surface area contributed by atoms with Crippen molar-refractivity contribution >= 4 is 15.7 Å². The molecule has 1 aliphatic carbocycles. The molecule has 2 aliphatic rings. The standard InChI is InChI=1S/C14H17NO3S/c16-13(15-10-4-5-11-15)14(8-9-14)19(17,18)12-6-2-1-3-7-12/h1-3,6-7H,4-5,8-11H2. The van der Waals surface area contributed by atoms with E-state index in [0.29, 0.717) is 25.9 Å². The summed E-state index contributed by atoms with van der Waals surface area (Å²) in [7, 11) is -3.56. The Morgan fingerprint density at radius 2 is 1.63 bits per heavy atom. The van der Waals surface area contributed by atoms with E-state index in [0.717, 1.165) is 12.8 Å². The monoisotopic (exact) mass is 279 g/mol. The van der Waals surface area contributed by atoms with Gasteiger partial charge in [0.2, 0.25) is 5.91 Å². The van der Waals surface area contributed by atoms with Gasteiger partial charge in [-0.05, 0) is 37.8 Å². The molecule has 3 rings (SSSR count). The first-order valence-electron chi connectivity index (χ1n) is 6.67. The number of rotatable bonds is 3. The van der Waals surface area contributed by atoms with E-state index in [2.05, 4.69) is 0 Å². The molecule has 1 aromatic rings. The summed E-state index contributed by atoms with van der Waals surface area (Å²) in [6.07, 6.45) is 2.87. The first kappa shape index (κ1) is 12.7. The van der Waals surface area contributed by atoms with Crippen LogP contribution < -0.4 is 0 Å².